The zero-order chi connectivity index (χ0) is 13.1. The second-order valence-electron chi connectivity index (χ2n) is 4.87. The Hall–Kier alpha value is -1.07. The number of hydrogen-bond acceptors (Lipinski definition) is 4. The number of thioether (sulfide) groups is 1. The summed E-state index contributed by atoms with van der Waals surface area (Å²) < 4.78 is 0. The molecule has 1 fully saturated rings. The quantitative estimate of drug-likeness (QED) is 0.878. The van der Waals surface area contributed by atoms with Crippen LogP contribution < -0.4 is 5.56 Å². The summed E-state index contributed by atoms with van der Waals surface area (Å²) in [6.07, 6.45) is 5.82. The van der Waals surface area contributed by atoms with E-state index in [1.807, 2.05) is 0 Å². The maximum Gasteiger partial charge on any atom is 0.251 e. The normalized spacial score (nSPS) is 16.0. The van der Waals surface area contributed by atoms with Crippen LogP contribution in [0.3, 0.4) is 0 Å². The van der Waals surface area contributed by atoms with Crippen LogP contribution in [0, 0.1) is 0 Å². The van der Waals surface area contributed by atoms with Crippen molar-refractivity contribution < 1.29 is 0 Å². The molecule has 0 spiro atoms. The summed E-state index contributed by atoms with van der Waals surface area (Å²) >= 11 is 3.40. The summed E-state index contributed by atoms with van der Waals surface area (Å²) in [7, 11) is 0. The Kier molecular flexibility index (Phi) is 4.03. The molecule has 1 aliphatic carbocycles. The van der Waals surface area contributed by atoms with Crippen LogP contribution >= 0.6 is 23.1 Å². The molecular weight excluding hydrogens is 276 g/mol. The number of nitrogens with one attached hydrogen (secondary N) is 1. The van der Waals surface area contributed by atoms with E-state index >= 15 is 0 Å². The van der Waals surface area contributed by atoms with Gasteiger partial charge in [0.1, 0.15) is 0 Å². The standard InChI is InChI=1S/C14H16N2OS2/c17-13-8-11(7-10-5-6-18-9-10)15-14(16-13)19-12-3-1-2-4-12/h5-6,8-9,12H,1-4,7H2,(H,15,16,17). The van der Waals surface area contributed by atoms with E-state index in [0.717, 1.165) is 17.3 Å². The minimum Gasteiger partial charge on any atom is -0.301 e. The van der Waals surface area contributed by atoms with Crippen LogP contribution in [0.4, 0.5) is 0 Å². The lowest BCUT2D eigenvalue weighted by Crippen LogP contribution is -2.11. The number of aromatic nitrogens is 2. The number of hydrogen-bond donors (Lipinski definition) is 1. The third-order valence-electron chi connectivity index (χ3n) is 3.32. The molecule has 0 aliphatic heterocycles. The smallest absolute Gasteiger partial charge is 0.251 e. The van der Waals surface area contributed by atoms with Crippen molar-refractivity contribution in [2.45, 2.75) is 42.5 Å². The summed E-state index contributed by atoms with van der Waals surface area (Å²) in [5, 5.41) is 5.56. The Morgan fingerprint density at radius 2 is 2.26 bits per heavy atom. The van der Waals surface area contributed by atoms with Crippen LogP contribution in [0.2, 0.25) is 0 Å². The summed E-state index contributed by atoms with van der Waals surface area (Å²) in [6, 6.07) is 3.69. The number of thiophene rings is 1. The van der Waals surface area contributed by atoms with Gasteiger partial charge >= 0.3 is 0 Å². The largest absolute Gasteiger partial charge is 0.301 e. The van der Waals surface area contributed by atoms with Gasteiger partial charge in [0.2, 0.25) is 0 Å². The number of nitrogens with zero attached hydrogens (tertiary/aromatic N) is 1. The first kappa shape index (κ1) is 12.9. The Morgan fingerprint density at radius 1 is 1.42 bits per heavy atom. The second kappa shape index (κ2) is 5.92. The molecule has 0 radical (unpaired) electrons. The average Bonchev–Trinajstić information content (AvgIpc) is 3.01. The zero-order valence-corrected chi connectivity index (χ0v) is 12.2. The van der Waals surface area contributed by atoms with Crippen LogP contribution in [0.1, 0.15) is 36.9 Å². The molecule has 100 valence electrons. The predicted molar refractivity (Wildman–Crippen MR) is 80.1 cm³/mol. The molecule has 0 saturated heterocycles. The molecule has 2 heterocycles. The molecule has 2 aromatic rings. The summed E-state index contributed by atoms with van der Waals surface area (Å²) in [5.74, 6) is 0. The second-order valence-corrected chi connectivity index (χ2v) is 6.94. The van der Waals surface area contributed by atoms with Crippen molar-refractivity contribution in [3.63, 3.8) is 0 Å². The first-order valence-corrected chi connectivity index (χ1v) is 8.40. The molecule has 0 bridgehead atoms. The molecule has 2 aromatic heterocycles. The van der Waals surface area contributed by atoms with Crippen molar-refractivity contribution in [3.05, 3.63) is 44.5 Å². The van der Waals surface area contributed by atoms with Gasteiger partial charge < -0.3 is 4.98 Å². The fraction of sp³-hybridized carbons (Fsp3) is 0.429. The van der Waals surface area contributed by atoms with Gasteiger partial charge in [-0.1, -0.05) is 24.6 Å². The monoisotopic (exact) mass is 292 g/mol. The van der Waals surface area contributed by atoms with Crippen molar-refractivity contribution in [3.8, 4) is 0 Å². The third kappa shape index (κ3) is 3.48. The molecule has 1 aliphatic rings. The van der Waals surface area contributed by atoms with Gasteiger partial charge in [0.05, 0.1) is 5.69 Å². The van der Waals surface area contributed by atoms with Gasteiger partial charge in [-0.05, 0) is 35.2 Å². The minimum absolute atomic E-state index is 0.0410. The zero-order valence-electron chi connectivity index (χ0n) is 10.6. The van der Waals surface area contributed by atoms with E-state index in [2.05, 4.69) is 26.8 Å². The van der Waals surface area contributed by atoms with E-state index in [-0.39, 0.29) is 5.56 Å². The Labute approximate surface area is 120 Å². The van der Waals surface area contributed by atoms with Crippen LogP contribution in [0.25, 0.3) is 0 Å². The topological polar surface area (TPSA) is 45.8 Å². The first-order chi connectivity index (χ1) is 9.29. The van der Waals surface area contributed by atoms with Gasteiger partial charge in [0, 0.05) is 17.7 Å². The van der Waals surface area contributed by atoms with E-state index in [1.54, 1.807) is 29.2 Å². The van der Waals surface area contributed by atoms with Crippen LogP contribution in [0.5, 0.6) is 0 Å². The Balaban J connectivity index is 1.77. The van der Waals surface area contributed by atoms with Crippen molar-refractivity contribution >= 4 is 23.1 Å². The molecular formula is C14H16N2OS2. The van der Waals surface area contributed by atoms with Crippen LogP contribution in [-0.2, 0) is 6.42 Å². The van der Waals surface area contributed by atoms with E-state index in [9.17, 15) is 4.79 Å². The highest BCUT2D eigenvalue weighted by Gasteiger charge is 2.17. The van der Waals surface area contributed by atoms with E-state index in [1.165, 1.54) is 31.2 Å². The van der Waals surface area contributed by atoms with Crippen molar-refractivity contribution in [2.24, 2.45) is 0 Å². The fourth-order valence-electron chi connectivity index (χ4n) is 2.40. The van der Waals surface area contributed by atoms with Crippen molar-refractivity contribution in [2.75, 3.05) is 0 Å². The molecule has 0 atom stereocenters. The van der Waals surface area contributed by atoms with Crippen LogP contribution in [-0.4, -0.2) is 15.2 Å². The molecule has 1 saturated carbocycles. The minimum atomic E-state index is -0.0410. The first-order valence-electron chi connectivity index (χ1n) is 6.57. The molecule has 0 aromatic carbocycles. The third-order valence-corrected chi connectivity index (χ3v) is 5.27. The number of rotatable bonds is 4. The Morgan fingerprint density at radius 3 is 3.00 bits per heavy atom. The van der Waals surface area contributed by atoms with E-state index < -0.39 is 0 Å². The molecule has 5 heteroatoms. The summed E-state index contributed by atoms with van der Waals surface area (Å²) in [5.41, 5.74) is 2.04. The van der Waals surface area contributed by atoms with Gasteiger partial charge in [-0.25, -0.2) is 4.98 Å². The van der Waals surface area contributed by atoms with Crippen molar-refractivity contribution in [1.29, 1.82) is 0 Å². The lowest BCUT2D eigenvalue weighted by molar-refractivity contribution is 0.853. The summed E-state index contributed by atoms with van der Waals surface area (Å²) in [4.78, 5) is 19.1. The number of aromatic amines is 1. The van der Waals surface area contributed by atoms with E-state index in [0.29, 0.717) is 5.25 Å². The highest BCUT2D eigenvalue weighted by atomic mass is 32.2. The fourth-order valence-corrected chi connectivity index (χ4v) is 4.28. The highest BCUT2D eigenvalue weighted by molar-refractivity contribution is 7.99. The van der Waals surface area contributed by atoms with Gasteiger partial charge in [-0.15, -0.1) is 0 Å². The lowest BCUT2D eigenvalue weighted by Gasteiger charge is -2.08. The molecule has 1 N–H and O–H groups in total. The molecule has 0 unspecified atom stereocenters. The maximum atomic E-state index is 11.7. The van der Waals surface area contributed by atoms with Gasteiger partial charge in [-0.3, -0.25) is 4.79 Å². The molecule has 0 amide bonds. The van der Waals surface area contributed by atoms with Gasteiger partial charge in [0.25, 0.3) is 5.56 Å². The molecule has 3 rings (SSSR count). The van der Waals surface area contributed by atoms with Gasteiger partial charge in [-0.2, -0.15) is 11.3 Å². The molecule has 3 nitrogen and oxygen atoms in total. The van der Waals surface area contributed by atoms with Crippen LogP contribution in [0.15, 0.2) is 32.8 Å². The summed E-state index contributed by atoms with van der Waals surface area (Å²) in [6.45, 7) is 0. The average molecular weight is 292 g/mol. The predicted octanol–water partition coefficient (Wildman–Crippen LogP) is 3.46. The highest BCUT2D eigenvalue weighted by Crippen LogP contribution is 2.32. The van der Waals surface area contributed by atoms with Crippen molar-refractivity contribution in [1.82, 2.24) is 9.97 Å². The lowest BCUT2D eigenvalue weighted by atomic mass is 10.2. The Bertz CT molecular complexity index is 586. The number of H-pyrrole nitrogens is 1. The van der Waals surface area contributed by atoms with Gasteiger partial charge in [0.15, 0.2) is 5.16 Å². The SMILES string of the molecule is O=c1cc(Cc2ccsc2)nc(SC2CCCC2)[nH]1. The molecule has 19 heavy (non-hydrogen) atoms. The maximum absolute atomic E-state index is 11.7. The van der Waals surface area contributed by atoms with E-state index in [4.69, 9.17) is 0 Å².